The highest BCUT2D eigenvalue weighted by Crippen LogP contribution is 2.23. The molecule has 1 fully saturated rings. The molecule has 0 amide bonds. The number of hydrogen-bond donors (Lipinski definition) is 1. The maximum absolute atomic E-state index is 11.9. The summed E-state index contributed by atoms with van der Waals surface area (Å²) in [6, 6.07) is 16.0. The van der Waals surface area contributed by atoms with Gasteiger partial charge in [0.15, 0.2) is 0 Å². The van der Waals surface area contributed by atoms with E-state index < -0.39 is 10.0 Å². The van der Waals surface area contributed by atoms with Gasteiger partial charge in [-0.1, -0.05) is 36.4 Å². The van der Waals surface area contributed by atoms with Crippen LogP contribution < -0.4 is 5.32 Å². The molecule has 2 aromatic rings. The Hall–Kier alpha value is -1.76. The number of hydrogen-bond acceptors (Lipinski definition) is 4. The van der Waals surface area contributed by atoms with Crippen LogP contribution in [0.3, 0.4) is 0 Å². The minimum absolute atomic E-state index is 0.00919. The summed E-state index contributed by atoms with van der Waals surface area (Å²) in [6.07, 6.45) is 4.88. The summed E-state index contributed by atoms with van der Waals surface area (Å²) in [6.45, 7) is 1.23. The minimum Gasteiger partial charge on any atom is -0.303 e. The monoisotopic (exact) mass is 345 g/mol. The van der Waals surface area contributed by atoms with Crippen LogP contribution in [0.4, 0.5) is 0 Å². The molecule has 1 aromatic carbocycles. The number of nitrogens with one attached hydrogen (secondary N) is 1. The third-order valence-corrected chi connectivity index (χ3v) is 5.76. The van der Waals surface area contributed by atoms with Gasteiger partial charge in [-0.15, -0.1) is 0 Å². The number of sulfonamides is 1. The zero-order valence-corrected chi connectivity index (χ0v) is 14.6. The van der Waals surface area contributed by atoms with Crippen molar-refractivity contribution < 1.29 is 8.42 Å². The molecule has 3 rings (SSSR count). The van der Waals surface area contributed by atoms with Crippen LogP contribution in [0, 0.1) is 0 Å². The Labute approximate surface area is 143 Å². The highest BCUT2D eigenvalue weighted by atomic mass is 32.2. The number of benzene rings is 1. The molecule has 1 saturated heterocycles. The van der Waals surface area contributed by atoms with E-state index in [2.05, 4.69) is 22.4 Å². The molecule has 1 aliphatic rings. The van der Waals surface area contributed by atoms with Crippen molar-refractivity contribution in [2.24, 2.45) is 0 Å². The first-order chi connectivity index (χ1) is 11.6. The fourth-order valence-electron chi connectivity index (χ4n) is 3.29. The summed E-state index contributed by atoms with van der Waals surface area (Å²) in [5.74, 6) is 0. The van der Waals surface area contributed by atoms with E-state index >= 15 is 0 Å². The van der Waals surface area contributed by atoms with E-state index in [0.717, 1.165) is 24.1 Å². The van der Waals surface area contributed by atoms with Crippen molar-refractivity contribution in [3.05, 3.63) is 66.0 Å². The lowest BCUT2D eigenvalue weighted by Gasteiger charge is -2.26. The molecule has 2 heterocycles. The first kappa shape index (κ1) is 17.1. The lowest BCUT2D eigenvalue weighted by Crippen LogP contribution is -2.42. The lowest BCUT2D eigenvalue weighted by atomic mass is 10.0. The van der Waals surface area contributed by atoms with Gasteiger partial charge in [-0.3, -0.25) is 4.98 Å². The van der Waals surface area contributed by atoms with E-state index in [1.165, 1.54) is 6.26 Å². The molecule has 128 valence electrons. The summed E-state index contributed by atoms with van der Waals surface area (Å²) in [5, 5.41) is 3.53. The smallest absolute Gasteiger partial charge is 0.211 e. The Balaban J connectivity index is 1.78. The van der Waals surface area contributed by atoms with Crippen LogP contribution in [-0.4, -0.2) is 43.1 Å². The van der Waals surface area contributed by atoms with Crippen molar-refractivity contribution in [1.29, 1.82) is 0 Å². The molecule has 1 aliphatic heterocycles. The van der Waals surface area contributed by atoms with Crippen molar-refractivity contribution >= 4 is 10.0 Å². The Kier molecular flexibility index (Phi) is 5.28. The van der Waals surface area contributed by atoms with Gasteiger partial charge in [0.25, 0.3) is 0 Å². The minimum atomic E-state index is -3.15. The first-order valence-corrected chi connectivity index (χ1v) is 10.1. The zero-order chi connectivity index (χ0) is 17.0. The van der Waals surface area contributed by atoms with E-state index in [4.69, 9.17) is 0 Å². The third-order valence-electron chi connectivity index (χ3n) is 4.42. The number of pyridine rings is 1. The number of nitrogens with zero attached hydrogens (tertiary/aromatic N) is 2. The Morgan fingerprint density at radius 1 is 1.21 bits per heavy atom. The zero-order valence-electron chi connectivity index (χ0n) is 13.8. The molecular weight excluding hydrogens is 322 g/mol. The van der Waals surface area contributed by atoms with Gasteiger partial charge in [-0.25, -0.2) is 8.42 Å². The van der Waals surface area contributed by atoms with Gasteiger partial charge in [-0.05, 0) is 30.5 Å². The summed E-state index contributed by atoms with van der Waals surface area (Å²) in [5.41, 5.74) is 2.06. The van der Waals surface area contributed by atoms with E-state index in [9.17, 15) is 8.42 Å². The Bertz CT molecular complexity index is 711. The largest absolute Gasteiger partial charge is 0.303 e. The van der Waals surface area contributed by atoms with Crippen molar-refractivity contribution in [1.82, 2.24) is 14.6 Å². The van der Waals surface area contributed by atoms with Crippen LogP contribution in [0.2, 0.25) is 0 Å². The van der Waals surface area contributed by atoms with Crippen LogP contribution >= 0.6 is 0 Å². The van der Waals surface area contributed by atoms with Crippen LogP contribution in [0.5, 0.6) is 0 Å². The molecule has 5 nitrogen and oxygen atoms in total. The quantitative estimate of drug-likeness (QED) is 0.872. The third kappa shape index (κ3) is 4.01. The SMILES string of the molecule is CS(=O)(=O)N1CCC[C@@H]1CN[C@@H](c1ccccc1)c1ccccn1. The summed E-state index contributed by atoms with van der Waals surface area (Å²) in [4.78, 5) is 4.47. The Morgan fingerprint density at radius 2 is 1.96 bits per heavy atom. The second-order valence-corrected chi connectivity index (χ2v) is 8.11. The van der Waals surface area contributed by atoms with Gasteiger partial charge >= 0.3 is 0 Å². The number of rotatable bonds is 6. The molecule has 2 atom stereocenters. The van der Waals surface area contributed by atoms with Crippen LogP contribution in [0.1, 0.15) is 30.1 Å². The molecule has 24 heavy (non-hydrogen) atoms. The fraction of sp³-hybridized carbons (Fsp3) is 0.389. The maximum Gasteiger partial charge on any atom is 0.211 e. The average Bonchev–Trinajstić information content (AvgIpc) is 3.06. The van der Waals surface area contributed by atoms with Gasteiger partial charge in [0, 0.05) is 25.3 Å². The molecule has 1 N–H and O–H groups in total. The summed E-state index contributed by atoms with van der Waals surface area (Å²) in [7, 11) is -3.15. The average molecular weight is 345 g/mol. The van der Waals surface area contributed by atoms with E-state index in [0.29, 0.717) is 13.1 Å². The standard InChI is InChI=1S/C18H23N3O2S/c1-24(22,23)21-13-7-10-16(21)14-20-18(15-8-3-2-4-9-15)17-11-5-6-12-19-17/h2-6,8-9,11-12,16,18,20H,7,10,13-14H2,1H3/t16-,18+/m1/s1. The van der Waals surface area contributed by atoms with Crippen LogP contribution in [-0.2, 0) is 10.0 Å². The molecule has 0 bridgehead atoms. The summed E-state index contributed by atoms with van der Waals surface area (Å²) >= 11 is 0. The van der Waals surface area contributed by atoms with Gasteiger partial charge < -0.3 is 5.32 Å². The van der Waals surface area contributed by atoms with Crippen molar-refractivity contribution in [3.8, 4) is 0 Å². The predicted molar refractivity (Wildman–Crippen MR) is 95.1 cm³/mol. The molecule has 6 heteroatoms. The second-order valence-electron chi connectivity index (χ2n) is 6.18. The van der Waals surface area contributed by atoms with Crippen LogP contribution in [0.25, 0.3) is 0 Å². The topological polar surface area (TPSA) is 62.3 Å². The number of aromatic nitrogens is 1. The van der Waals surface area contributed by atoms with Crippen molar-refractivity contribution in [2.75, 3.05) is 19.3 Å². The fourth-order valence-corrected chi connectivity index (χ4v) is 4.47. The second kappa shape index (κ2) is 7.42. The van der Waals surface area contributed by atoms with Gasteiger partial charge in [0.2, 0.25) is 10.0 Å². The molecule has 0 spiro atoms. The normalized spacial score (nSPS) is 20.1. The molecule has 0 unspecified atom stereocenters. The van der Waals surface area contributed by atoms with Gasteiger partial charge in [0.05, 0.1) is 18.0 Å². The molecule has 0 aliphatic carbocycles. The highest BCUT2D eigenvalue weighted by molar-refractivity contribution is 7.88. The van der Waals surface area contributed by atoms with Gasteiger partial charge in [-0.2, -0.15) is 4.31 Å². The molecular formula is C18H23N3O2S. The predicted octanol–water partition coefficient (Wildman–Crippen LogP) is 2.18. The summed E-state index contributed by atoms with van der Waals surface area (Å²) < 4.78 is 25.4. The van der Waals surface area contributed by atoms with E-state index in [1.54, 1.807) is 10.5 Å². The van der Waals surface area contributed by atoms with Crippen molar-refractivity contribution in [2.45, 2.75) is 24.9 Å². The van der Waals surface area contributed by atoms with E-state index in [1.807, 2.05) is 36.4 Å². The molecule has 1 aromatic heterocycles. The highest BCUT2D eigenvalue weighted by Gasteiger charge is 2.31. The lowest BCUT2D eigenvalue weighted by molar-refractivity contribution is 0.366. The Morgan fingerprint density at radius 3 is 2.62 bits per heavy atom. The molecule has 0 saturated carbocycles. The maximum atomic E-state index is 11.9. The van der Waals surface area contributed by atoms with Crippen molar-refractivity contribution in [3.63, 3.8) is 0 Å². The van der Waals surface area contributed by atoms with Crippen LogP contribution in [0.15, 0.2) is 54.7 Å². The van der Waals surface area contributed by atoms with E-state index in [-0.39, 0.29) is 12.1 Å². The van der Waals surface area contributed by atoms with Gasteiger partial charge in [0.1, 0.15) is 0 Å². The molecule has 0 radical (unpaired) electrons. The first-order valence-electron chi connectivity index (χ1n) is 8.22.